The molecule has 0 aromatic heterocycles. The number of amides is 2. The van der Waals surface area contributed by atoms with Crippen LogP contribution < -0.4 is 10.6 Å². The Labute approximate surface area is 129 Å². The van der Waals surface area contributed by atoms with E-state index in [4.69, 9.17) is 0 Å². The average molecular weight is 310 g/mol. The maximum atomic E-state index is 13.0. The number of nitrogens with one attached hydrogen (secondary N) is 2. The topological polar surface area (TPSA) is 75.3 Å². The molecule has 1 fully saturated rings. The van der Waals surface area contributed by atoms with Gasteiger partial charge in [-0.15, -0.1) is 0 Å². The van der Waals surface area contributed by atoms with Gasteiger partial charge in [-0.1, -0.05) is 13.8 Å². The Balaban J connectivity index is 1.86. The summed E-state index contributed by atoms with van der Waals surface area (Å²) in [6.07, 6.45) is 4.24. The molecule has 2 N–H and O–H groups in total. The summed E-state index contributed by atoms with van der Waals surface area (Å²) < 4.78 is 13.0. The van der Waals surface area contributed by atoms with E-state index in [1.807, 2.05) is 13.8 Å². The molecule has 2 rings (SSSR count). The van der Waals surface area contributed by atoms with Gasteiger partial charge in [0.25, 0.3) is 0 Å². The van der Waals surface area contributed by atoms with Gasteiger partial charge in [0.1, 0.15) is 5.92 Å². The Hall–Kier alpha value is -1.72. The molecule has 0 aromatic rings. The van der Waals surface area contributed by atoms with Crippen molar-refractivity contribution in [1.29, 1.82) is 0 Å². The van der Waals surface area contributed by atoms with E-state index in [2.05, 4.69) is 10.6 Å². The first kappa shape index (κ1) is 16.6. The summed E-state index contributed by atoms with van der Waals surface area (Å²) in [5.41, 5.74) is 0. The number of carbonyl (C=O) groups is 3. The first-order chi connectivity index (χ1) is 10.4. The molecule has 1 aliphatic carbocycles. The summed E-state index contributed by atoms with van der Waals surface area (Å²) in [4.78, 5) is 35.4. The minimum atomic E-state index is -0.874. The smallest absolute Gasteiger partial charge is 0.237 e. The Morgan fingerprint density at radius 2 is 1.95 bits per heavy atom. The van der Waals surface area contributed by atoms with E-state index < -0.39 is 23.6 Å². The van der Waals surface area contributed by atoms with E-state index >= 15 is 0 Å². The van der Waals surface area contributed by atoms with E-state index in [0.717, 1.165) is 18.9 Å². The molecule has 1 aliphatic heterocycles. The number of hydrogen-bond acceptors (Lipinski definition) is 3. The molecule has 1 unspecified atom stereocenters. The first-order valence-electron chi connectivity index (χ1n) is 7.88. The van der Waals surface area contributed by atoms with Crippen LogP contribution in [0.1, 0.15) is 46.0 Å². The minimum Gasteiger partial charge on any atom is -0.353 e. The molecule has 1 saturated carbocycles. The van der Waals surface area contributed by atoms with Crippen molar-refractivity contribution in [3.05, 3.63) is 12.0 Å². The van der Waals surface area contributed by atoms with Crippen molar-refractivity contribution in [2.45, 2.75) is 52.0 Å². The molecule has 0 saturated heterocycles. The molecule has 22 heavy (non-hydrogen) atoms. The lowest BCUT2D eigenvalue weighted by Gasteiger charge is -2.33. The van der Waals surface area contributed by atoms with Gasteiger partial charge in [-0.3, -0.25) is 14.4 Å². The predicted octanol–water partition coefficient (Wildman–Crippen LogP) is 1.83. The molecule has 6 heteroatoms. The molecule has 1 atom stereocenters. The number of rotatable bonds is 4. The van der Waals surface area contributed by atoms with Crippen molar-refractivity contribution in [2.75, 3.05) is 0 Å². The maximum absolute atomic E-state index is 13.0. The highest BCUT2D eigenvalue weighted by molar-refractivity contribution is 6.09. The van der Waals surface area contributed by atoms with Crippen LogP contribution in [0, 0.1) is 17.8 Å². The Morgan fingerprint density at radius 3 is 2.50 bits per heavy atom. The number of ketones is 1. The molecule has 2 amide bonds. The average Bonchev–Trinajstić information content (AvgIpc) is 2.38. The lowest BCUT2D eigenvalue weighted by Crippen LogP contribution is -2.45. The predicted molar refractivity (Wildman–Crippen MR) is 79.2 cm³/mol. The monoisotopic (exact) mass is 310 g/mol. The normalized spacial score (nSPS) is 29.1. The lowest BCUT2D eigenvalue weighted by atomic mass is 9.75. The third kappa shape index (κ3) is 4.15. The van der Waals surface area contributed by atoms with Crippen molar-refractivity contribution >= 4 is 17.6 Å². The van der Waals surface area contributed by atoms with Crippen molar-refractivity contribution in [3.8, 4) is 0 Å². The molecule has 5 nitrogen and oxygen atoms in total. The van der Waals surface area contributed by atoms with Gasteiger partial charge in [0.2, 0.25) is 11.8 Å². The van der Waals surface area contributed by atoms with Crippen LogP contribution in [0.2, 0.25) is 0 Å². The first-order valence-corrected chi connectivity index (χ1v) is 7.88. The molecule has 0 aromatic carbocycles. The van der Waals surface area contributed by atoms with Gasteiger partial charge >= 0.3 is 0 Å². The van der Waals surface area contributed by atoms with Crippen LogP contribution in [0.3, 0.4) is 0 Å². The van der Waals surface area contributed by atoms with E-state index in [-0.39, 0.29) is 17.9 Å². The van der Waals surface area contributed by atoms with Gasteiger partial charge in [0, 0.05) is 18.5 Å². The largest absolute Gasteiger partial charge is 0.353 e. The summed E-state index contributed by atoms with van der Waals surface area (Å²) in [5.74, 6) is -2.36. The Morgan fingerprint density at radius 1 is 1.32 bits per heavy atom. The minimum absolute atomic E-state index is 0.0509. The summed E-state index contributed by atoms with van der Waals surface area (Å²) in [6.45, 7) is 3.99. The lowest BCUT2D eigenvalue weighted by molar-refractivity contribution is -0.136. The molecule has 0 bridgehead atoms. The number of halogens is 1. The van der Waals surface area contributed by atoms with E-state index in [0.29, 0.717) is 25.2 Å². The summed E-state index contributed by atoms with van der Waals surface area (Å²) in [7, 11) is 0. The van der Waals surface area contributed by atoms with Gasteiger partial charge in [-0.25, -0.2) is 0 Å². The molecule has 0 radical (unpaired) electrons. The highest BCUT2D eigenvalue weighted by Crippen LogP contribution is 2.32. The van der Waals surface area contributed by atoms with Crippen molar-refractivity contribution in [3.63, 3.8) is 0 Å². The van der Waals surface area contributed by atoms with Crippen molar-refractivity contribution in [2.24, 2.45) is 17.8 Å². The number of carbonyl (C=O) groups excluding carboxylic acids is 3. The summed E-state index contributed by atoms with van der Waals surface area (Å²) in [6, 6.07) is 0.108. The fourth-order valence-electron chi connectivity index (χ4n) is 3.28. The van der Waals surface area contributed by atoms with Crippen molar-refractivity contribution in [1.82, 2.24) is 10.6 Å². The van der Waals surface area contributed by atoms with Gasteiger partial charge in [0.15, 0.2) is 11.7 Å². The van der Waals surface area contributed by atoms with Crippen LogP contribution in [0.15, 0.2) is 12.0 Å². The highest BCUT2D eigenvalue weighted by Gasteiger charge is 2.39. The third-order valence-corrected chi connectivity index (χ3v) is 4.30. The van der Waals surface area contributed by atoms with Gasteiger partial charge in [-0.05, 0) is 37.5 Å². The quantitative estimate of drug-likeness (QED) is 0.614. The highest BCUT2D eigenvalue weighted by atomic mass is 19.1. The van der Waals surface area contributed by atoms with E-state index in [9.17, 15) is 18.8 Å². The van der Waals surface area contributed by atoms with E-state index in [1.54, 1.807) is 0 Å². The van der Waals surface area contributed by atoms with Gasteiger partial charge < -0.3 is 10.6 Å². The molecule has 1 heterocycles. The van der Waals surface area contributed by atoms with Crippen LogP contribution in [0.5, 0.6) is 0 Å². The summed E-state index contributed by atoms with van der Waals surface area (Å²) in [5, 5.41) is 5.09. The van der Waals surface area contributed by atoms with Gasteiger partial charge in [0.05, 0.1) is 0 Å². The fourth-order valence-corrected chi connectivity index (χ4v) is 3.28. The SMILES string of the molecule is CC(C)CC(=O)NC1CCC(C2C(=O)C=C(F)NC2=O)CC1. The standard InChI is InChI=1S/C16H23FN2O3/c1-9(2)7-14(21)18-11-5-3-10(4-6-11)15-12(20)8-13(17)19-16(15)22/h8-11,15H,3-7H2,1-2H3,(H,18,21)(H,19,22). The second-order valence-corrected chi connectivity index (χ2v) is 6.64. The second kappa shape index (κ2) is 7.03. The van der Waals surface area contributed by atoms with Crippen LogP contribution in [0.4, 0.5) is 4.39 Å². The Bertz CT molecular complexity index is 494. The van der Waals surface area contributed by atoms with Crippen LogP contribution in [-0.2, 0) is 14.4 Å². The second-order valence-electron chi connectivity index (χ2n) is 6.64. The van der Waals surface area contributed by atoms with Crippen LogP contribution >= 0.6 is 0 Å². The molecule has 0 spiro atoms. The number of allylic oxidation sites excluding steroid dienone is 1. The van der Waals surface area contributed by atoms with Gasteiger partial charge in [-0.2, -0.15) is 4.39 Å². The summed E-state index contributed by atoms with van der Waals surface area (Å²) >= 11 is 0. The molecule has 122 valence electrons. The van der Waals surface area contributed by atoms with E-state index in [1.165, 1.54) is 0 Å². The third-order valence-electron chi connectivity index (χ3n) is 4.30. The van der Waals surface area contributed by atoms with Crippen molar-refractivity contribution < 1.29 is 18.8 Å². The number of hydrogen-bond donors (Lipinski definition) is 2. The Kier molecular flexibility index (Phi) is 5.32. The molecular formula is C16H23FN2O3. The zero-order valence-corrected chi connectivity index (χ0v) is 13.0. The zero-order chi connectivity index (χ0) is 16.3. The molecular weight excluding hydrogens is 287 g/mol. The van der Waals surface area contributed by atoms with Crippen LogP contribution in [0.25, 0.3) is 0 Å². The zero-order valence-electron chi connectivity index (χ0n) is 13.0. The fraction of sp³-hybridized carbons (Fsp3) is 0.688. The maximum Gasteiger partial charge on any atom is 0.237 e. The molecule has 2 aliphatic rings. The van der Waals surface area contributed by atoms with Crippen LogP contribution in [-0.4, -0.2) is 23.6 Å².